The predicted octanol–water partition coefficient (Wildman–Crippen LogP) is 3.19. The third-order valence-corrected chi connectivity index (χ3v) is 2.71. The third-order valence-electron chi connectivity index (χ3n) is 2.71. The van der Waals surface area contributed by atoms with Gasteiger partial charge in [-0.25, -0.2) is 5.43 Å². The Morgan fingerprint density at radius 2 is 2.00 bits per heavy atom. The van der Waals surface area contributed by atoms with Crippen LogP contribution in [0.15, 0.2) is 23.3 Å². The number of nitrogens with zero attached hydrogens (tertiary/aromatic N) is 1. The lowest BCUT2D eigenvalue weighted by Gasteiger charge is -2.07. The number of amides is 1. The molecule has 1 rings (SSSR count). The summed E-state index contributed by atoms with van der Waals surface area (Å²) in [5, 5.41) is 4.15. The summed E-state index contributed by atoms with van der Waals surface area (Å²) in [5.41, 5.74) is 6.92. The monoisotopic (exact) mass is 246 g/mol. The fourth-order valence-corrected chi connectivity index (χ4v) is 1.84. The van der Waals surface area contributed by atoms with Crippen LogP contribution in [0.2, 0.25) is 0 Å². The number of rotatable bonds is 4. The van der Waals surface area contributed by atoms with E-state index in [1.807, 2.05) is 26.8 Å². The maximum Gasteiger partial charge on any atom is 0.240 e. The average Bonchev–Trinajstić information content (AvgIpc) is 2.25. The first kappa shape index (κ1) is 14.4. The van der Waals surface area contributed by atoms with E-state index in [0.29, 0.717) is 12.3 Å². The van der Waals surface area contributed by atoms with Crippen molar-refractivity contribution in [3.63, 3.8) is 0 Å². The number of carbonyl (C=O) groups excluding carboxylic acids is 1. The van der Waals surface area contributed by atoms with E-state index in [1.54, 1.807) is 0 Å². The quantitative estimate of drug-likeness (QED) is 0.643. The second-order valence-corrected chi connectivity index (χ2v) is 5.15. The van der Waals surface area contributed by atoms with Crippen molar-refractivity contribution in [3.05, 3.63) is 34.9 Å². The van der Waals surface area contributed by atoms with E-state index in [4.69, 9.17) is 0 Å². The number of benzene rings is 1. The van der Waals surface area contributed by atoms with Gasteiger partial charge >= 0.3 is 0 Å². The molecular formula is C15H22N2O. The van der Waals surface area contributed by atoms with E-state index in [2.05, 4.69) is 36.5 Å². The standard InChI is InChI=1S/C15H22N2O/c1-10(2)8-15(18)17-16-13(5)14-7-6-11(3)9-12(14)4/h6-7,9-10H,8H2,1-5H3,(H,17,18)/b16-13+. The number of hydrogen-bond donors (Lipinski definition) is 1. The summed E-state index contributed by atoms with van der Waals surface area (Å²) in [4.78, 5) is 11.5. The van der Waals surface area contributed by atoms with Crippen LogP contribution < -0.4 is 5.43 Å². The van der Waals surface area contributed by atoms with Gasteiger partial charge in [-0.1, -0.05) is 37.6 Å². The smallest absolute Gasteiger partial charge is 0.240 e. The minimum absolute atomic E-state index is 0.0332. The largest absolute Gasteiger partial charge is 0.273 e. The van der Waals surface area contributed by atoms with Crippen molar-refractivity contribution in [2.24, 2.45) is 11.0 Å². The Hall–Kier alpha value is -1.64. The molecule has 0 saturated carbocycles. The van der Waals surface area contributed by atoms with Crippen LogP contribution >= 0.6 is 0 Å². The molecule has 1 aromatic rings. The first-order valence-corrected chi connectivity index (χ1v) is 6.31. The summed E-state index contributed by atoms with van der Waals surface area (Å²) in [6, 6.07) is 6.21. The highest BCUT2D eigenvalue weighted by Crippen LogP contribution is 2.11. The van der Waals surface area contributed by atoms with Crippen molar-refractivity contribution < 1.29 is 4.79 Å². The summed E-state index contributed by atoms with van der Waals surface area (Å²) < 4.78 is 0. The number of hydrazone groups is 1. The Morgan fingerprint density at radius 1 is 1.33 bits per heavy atom. The number of carbonyl (C=O) groups is 1. The zero-order chi connectivity index (χ0) is 13.7. The SMILES string of the molecule is C/C(=N\NC(=O)CC(C)C)c1ccc(C)cc1C. The van der Waals surface area contributed by atoms with Gasteiger partial charge in [0.05, 0.1) is 5.71 Å². The molecule has 0 aromatic heterocycles. The molecule has 3 nitrogen and oxygen atoms in total. The van der Waals surface area contributed by atoms with Gasteiger partial charge in [-0.15, -0.1) is 0 Å². The van der Waals surface area contributed by atoms with Crippen LogP contribution in [0, 0.1) is 19.8 Å². The van der Waals surface area contributed by atoms with Crippen LogP contribution in [0.5, 0.6) is 0 Å². The first-order chi connectivity index (χ1) is 8.40. The van der Waals surface area contributed by atoms with E-state index in [-0.39, 0.29) is 5.91 Å². The lowest BCUT2D eigenvalue weighted by Crippen LogP contribution is -2.20. The van der Waals surface area contributed by atoms with Crippen LogP contribution in [-0.4, -0.2) is 11.6 Å². The molecule has 1 N–H and O–H groups in total. The summed E-state index contributed by atoms with van der Waals surface area (Å²) in [6.45, 7) is 10.1. The van der Waals surface area contributed by atoms with Crippen LogP contribution in [0.1, 0.15) is 43.9 Å². The Morgan fingerprint density at radius 3 is 2.56 bits per heavy atom. The highest BCUT2D eigenvalue weighted by Gasteiger charge is 2.05. The molecular weight excluding hydrogens is 224 g/mol. The Labute approximate surface area is 109 Å². The van der Waals surface area contributed by atoms with Crippen LogP contribution in [0.25, 0.3) is 0 Å². The van der Waals surface area contributed by atoms with Gasteiger partial charge in [0.1, 0.15) is 0 Å². The van der Waals surface area contributed by atoms with Crippen molar-refractivity contribution in [1.29, 1.82) is 0 Å². The van der Waals surface area contributed by atoms with E-state index in [0.717, 1.165) is 11.3 Å². The molecule has 0 fully saturated rings. The normalized spacial score (nSPS) is 11.8. The second-order valence-electron chi connectivity index (χ2n) is 5.15. The van der Waals surface area contributed by atoms with Gasteiger partial charge in [0, 0.05) is 12.0 Å². The highest BCUT2D eigenvalue weighted by molar-refractivity contribution is 6.00. The first-order valence-electron chi connectivity index (χ1n) is 6.31. The number of aryl methyl sites for hydroxylation is 2. The van der Waals surface area contributed by atoms with Crippen molar-refractivity contribution in [2.45, 2.75) is 41.0 Å². The molecule has 0 spiro atoms. The molecule has 3 heteroatoms. The van der Waals surface area contributed by atoms with E-state index < -0.39 is 0 Å². The molecule has 18 heavy (non-hydrogen) atoms. The minimum Gasteiger partial charge on any atom is -0.273 e. The fraction of sp³-hybridized carbons (Fsp3) is 0.467. The van der Waals surface area contributed by atoms with Gasteiger partial charge in [-0.05, 0) is 32.3 Å². The Kier molecular flexibility index (Phi) is 5.08. The van der Waals surface area contributed by atoms with Gasteiger partial charge < -0.3 is 0 Å². The molecule has 0 radical (unpaired) electrons. The molecule has 0 aliphatic heterocycles. The molecule has 0 unspecified atom stereocenters. The maximum absolute atomic E-state index is 11.5. The number of hydrogen-bond acceptors (Lipinski definition) is 2. The predicted molar refractivity (Wildman–Crippen MR) is 75.7 cm³/mol. The van der Waals surface area contributed by atoms with Gasteiger partial charge in [-0.3, -0.25) is 4.79 Å². The lowest BCUT2D eigenvalue weighted by molar-refractivity contribution is -0.121. The Bertz CT molecular complexity index is 462. The zero-order valence-corrected chi connectivity index (χ0v) is 11.9. The molecule has 0 aliphatic rings. The molecule has 98 valence electrons. The molecule has 0 atom stereocenters. The van der Waals surface area contributed by atoms with Crippen molar-refractivity contribution >= 4 is 11.6 Å². The molecule has 0 saturated heterocycles. The molecule has 1 amide bonds. The van der Waals surface area contributed by atoms with Gasteiger partial charge in [0.25, 0.3) is 0 Å². The summed E-state index contributed by atoms with van der Waals surface area (Å²) in [7, 11) is 0. The molecule has 0 heterocycles. The van der Waals surface area contributed by atoms with E-state index in [9.17, 15) is 4.79 Å². The highest BCUT2D eigenvalue weighted by atomic mass is 16.2. The van der Waals surface area contributed by atoms with E-state index in [1.165, 1.54) is 11.1 Å². The lowest BCUT2D eigenvalue weighted by atomic mass is 10.0. The molecule has 0 aliphatic carbocycles. The van der Waals surface area contributed by atoms with Crippen LogP contribution in [0.3, 0.4) is 0 Å². The van der Waals surface area contributed by atoms with Crippen molar-refractivity contribution in [3.8, 4) is 0 Å². The Balaban J connectivity index is 2.74. The summed E-state index contributed by atoms with van der Waals surface area (Å²) in [6.07, 6.45) is 0.504. The van der Waals surface area contributed by atoms with Gasteiger partial charge in [0.2, 0.25) is 5.91 Å². The minimum atomic E-state index is -0.0332. The van der Waals surface area contributed by atoms with Crippen molar-refractivity contribution in [1.82, 2.24) is 5.43 Å². The van der Waals surface area contributed by atoms with Crippen LogP contribution in [-0.2, 0) is 4.79 Å². The van der Waals surface area contributed by atoms with Gasteiger partial charge in [-0.2, -0.15) is 5.10 Å². The molecule has 0 bridgehead atoms. The third kappa shape index (κ3) is 4.32. The summed E-state index contributed by atoms with van der Waals surface area (Å²) >= 11 is 0. The average molecular weight is 246 g/mol. The maximum atomic E-state index is 11.5. The van der Waals surface area contributed by atoms with Crippen LogP contribution in [0.4, 0.5) is 0 Å². The van der Waals surface area contributed by atoms with Gasteiger partial charge in [0.15, 0.2) is 0 Å². The van der Waals surface area contributed by atoms with Crippen molar-refractivity contribution in [2.75, 3.05) is 0 Å². The zero-order valence-electron chi connectivity index (χ0n) is 11.9. The number of nitrogens with one attached hydrogen (secondary N) is 1. The summed E-state index contributed by atoms with van der Waals surface area (Å²) in [5.74, 6) is 0.315. The second kappa shape index (κ2) is 6.34. The molecule has 1 aromatic carbocycles. The fourth-order valence-electron chi connectivity index (χ4n) is 1.84. The topological polar surface area (TPSA) is 41.5 Å². The van der Waals surface area contributed by atoms with E-state index >= 15 is 0 Å².